The van der Waals surface area contributed by atoms with Crippen molar-refractivity contribution in [2.24, 2.45) is 0 Å². The van der Waals surface area contributed by atoms with Crippen molar-refractivity contribution in [1.82, 2.24) is 4.98 Å². The van der Waals surface area contributed by atoms with Crippen molar-refractivity contribution < 1.29 is 0 Å². The summed E-state index contributed by atoms with van der Waals surface area (Å²) in [6.07, 6.45) is 9.23. The first-order chi connectivity index (χ1) is 5.47. The molecule has 0 aliphatic heterocycles. The van der Waals surface area contributed by atoms with Crippen LogP contribution >= 0.6 is 8.19 Å². The first kappa shape index (κ1) is 7.36. The fourth-order valence-corrected chi connectivity index (χ4v) is 2.80. The molecule has 1 N–H and O–H groups in total. The van der Waals surface area contributed by atoms with E-state index in [9.17, 15) is 0 Å². The van der Waals surface area contributed by atoms with Gasteiger partial charge in [0.05, 0.1) is 0 Å². The Labute approximate surface area is 69.3 Å². The highest BCUT2D eigenvalue weighted by molar-refractivity contribution is 7.30. The Kier molecular flexibility index (Phi) is 2.28. The third-order valence-electron chi connectivity index (χ3n) is 2.51. The highest BCUT2D eigenvalue weighted by Crippen LogP contribution is 2.34. The molecule has 0 saturated heterocycles. The molecule has 0 amide bonds. The van der Waals surface area contributed by atoms with E-state index in [-0.39, 0.29) is 0 Å². The van der Waals surface area contributed by atoms with Gasteiger partial charge >= 0.3 is 0 Å². The molecule has 0 atom stereocenters. The zero-order valence-corrected chi connectivity index (χ0v) is 7.61. The summed E-state index contributed by atoms with van der Waals surface area (Å²) in [6, 6.07) is 0. The summed E-state index contributed by atoms with van der Waals surface area (Å²) in [6.45, 7) is 0. The van der Waals surface area contributed by atoms with Crippen molar-refractivity contribution >= 4 is 8.19 Å². The van der Waals surface area contributed by atoms with Crippen LogP contribution in [0.1, 0.15) is 43.4 Å². The second-order valence-electron chi connectivity index (χ2n) is 3.31. The molecule has 1 heterocycles. The molecule has 1 aliphatic rings. The molecular weight excluding hydrogens is 153 g/mol. The Bertz CT molecular complexity index is 199. The second-order valence-corrected chi connectivity index (χ2v) is 4.35. The molecular formula is C9H14NP. The molecule has 1 saturated carbocycles. The predicted molar refractivity (Wildman–Crippen MR) is 49.1 cm³/mol. The Morgan fingerprint density at radius 2 is 2.09 bits per heavy atom. The van der Waals surface area contributed by atoms with E-state index in [0.29, 0.717) is 0 Å². The van der Waals surface area contributed by atoms with Crippen molar-refractivity contribution in [3.05, 3.63) is 17.4 Å². The lowest BCUT2D eigenvalue weighted by molar-refractivity contribution is 0.442. The lowest BCUT2D eigenvalue weighted by atomic mass is 9.90. The van der Waals surface area contributed by atoms with Crippen LogP contribution in [-0.2, 0) is 0 Å². The fraction of sp³-hybridized carbons (Fsp3) is 0.667. The number of hydrogen-bond donors (Lipinski definition) is 1. The molecule has 0 bridgehead atoms. The van der Waals surface area contributed by atoms with Gasteiger partial charge in [0, 0.05) is 17.5 Å². The molecule has 1 nitrogen and oxygen atoms in total. The van der Waals surface area contributed by atoms with Gasteiger partial charge in [-0.05, 0) is 18.6 Å². The van der Waals surface area contributed by atoms with Crippen molar-refractivity contribution in [3.8, 4) is 0 Å². The van der Waals surface area contributed by atoms with Gasteiger partial charge in [-0.1, -0.05) is 27.5 Å². The van der Waals surface area contributed by atoms with E-state index in [4.69, 9.17) is 0 Å². The number of aromatic amines is 1. The van der Waals surface area contributed by atoms with E-state index >= 15 is 0 Å². The number of rotatable bonds is 1. The summed E-state index contributed by atoms with van der Waals surface area (Å²) in [4.78, 5) is 3.35. The monoisotopic (exact) mass is 167 g/mol. The van der Waals surface area contributed by atoms with Gasteiger partial charge in [-0.25, -0.2) is 0 Å². The maximum absolute atomic E-state index is 3.35. The number of nitrogens with one attached hydrogen (secondary N) is 1. The number of hydrogen-bond acceptors (Lipinski definition) is 0. The highest BCUT2D eigenvalue weighted by Gasteiger charge is 2.15. The van der Waals surface area contributed by atoms with Gasteiger partial charge in [0.25, 0.3) is 0 Å². The maximum atomic E-state index is 3.35. The van der Waals surface area contributed by atoms with Crippen LogP contribution in [0.25, 0.3) is 0 Å². The molecule has 2 rings (SSSR count). The van der Waals surface area contributed by atoms with Gasteiger partial charge in [0.15, 0.2) is 0 Å². The summed E-state index contributed by atoms with van der Waals surface area (Å²) in [5.41, 5.74) is 1.55. The molecule has 0 unspecified atom stereocenters. The van der Waals surface area contributed by atoms with Crippen molar-refractivity contribution in [1.29, 1.82) is 0 Å². The minimum atomic E-state index is 0.875. The van der Waals surface area contributed by atoms with Crippen LogP contribution < -0.4 is 0 Å². The molecule has 1 aromatic heterocycles. The summed E-state index contributed by atoms with van der Waals surface area (Å²) in [5.74, 6) is 3.07. The molecule has 1 aliphatic carbocycles. The molecule has 1 fully saturated rings. The predicted octanol–water partition coefficient (Wildman–Crippen LogP) is 3.64. The van der Waals surface area contributed by atoms with Gasteiger partial charge in [0.2, 0.25) is 0 Å². The number of H-pyrrole nitrogens is 1. The van der Waals surface area contributed by atoms with Crippen LogP contribution in [0.4, 0.5) is 0 Å². The van der Waals surface area contributed by atoms with Gasteiger partial charge in [-0.2, -0.15) is 0 Å². The van der Waals surface area contributed by atoms with Gasteiger partial charge in [0.1, 0.15) is 0 Å². The van der Waals surface area contributed by atoms with Crippen molar-refractivity contribution in [3.63, 3.8) is 0 Å². The van der Waals surface area contributed by atoms with E-state index < -0.39 is 0 Å². The molecule has 0 aromatic carbocycles. The zero-order chi connectivity index (χ0) is 7.52. The Hall–Kier alpha value is -0.290. The van der Waals surface area contributed by atoms with E-state index in [1.807, 2.05) is 0 Å². The lowest BCUT2D eigenvalue weighted by Gasteiger charge is -2.19. The molecule has 11 heavy (non-hydrogen) atoms. The minimum absolute atomic E-state index is 0.875. The third kappa shape index (κ3) is 1.65. The summed E-state index contributed by atoms with van der Waals surface area (Å²) < 4.78 is 0. The van der Waals surface area contributed by atoms with Gasteiger partial charge in [-0.3, -0.25) is 0 Å². The fourth-order valence-electron chi connectivity index (χ4n) is 1.88. The van der Waals surface area contributed by atoms with Crippen molar-refractivity contribution in [2.45, 2.75) is 38.0 Å². The summed E-state index contributed by atoms with van der Waals surface area (Å²) in [7, 11) is 1.41. The van der Waals surface area contributed by atoms with Crippen LogP contribution in [0, 0.1) is 0 Å². The van der Waals surface area contributed by atoms with Crippen LogP contribution in [0.15, 0.2) is 12.0 Å². The minimum Gasteiger partial charge on any atom is -0.361 e. The normalized spacial score (nSPS) is 21.1. The Balaban J connectivity index is 2.04. The average Bonchev–Trinajstić information content (AvgIpc) is 2.58. The average molecular weight is 167 g/mol. The van der Waals surface area contributed by atoms with E-state index in [0.717, 1.165) is 5.92 Å². The smallest absolute Gasteiger partial charge is 0.0455 e. The molecule has 2 heteroatoms. The Morgan fingerprint density at radius 3 is 2.73 bits per heavy atom. The lowest BCUT2D eigenvalue weighted by Crippen LogP contribution is -2.03. The van der Waals surface area contributed by atoms with Crippen LogP contribution in [0.5, 0.6) is 0 Å². The molecule has 1 aromatic rings. The second kappa shape index (κ2) is 3.40. The Morgan fingerprint density at radius 1 is 1.27 bits per heavy atom. The topological polar surface area (TPSA) is 15.8 Å². The van der Waals surface area contributed by atoms with E-state index in [1.165, 1.54) is 40.3 Å². The van der Waals surface area contributed by atoms with Gasteiger partial charge in [-0.15, -0.1) is 0 Å². The van der Waals surface area contributed by atoms with Crippen LogP contribution in [0.3, 0.4) is 0 Å². The summed E-state index contributed by atoms with van der Waals surface area (Å²) in [5, 5.41) is 0. The standard InChI is InChI=1S/C9H14NP/c1-2-4-8(5-3-1)9-10-6-7-11-9/h6-8,10H,1-5H2. The van der Waals surface area contributed by atoms with Crippen LogP contribution in [0.2, 0.25) is 0 Å². The number of aromatic nitrogens is 1. The van der Waals surface area contributed by atoms with Crippen molar-refractivity contribution in [2.75, 3.05) is 0 Å². The first-order valence-electron chi connectivity index (χ1n) is 4.46. The molecule has 60 valence electrons. The highest BCUT2D eigenvalue weighted by atomic mass is 31.0. The maximum Gasteiger partial charge on any atom is 0.0455 e. The van der Waals surface area contributed by atoms with E-state index in [2.05, 4.69) is 17.0 Å². The third-order valence-corrected chi connectivity index (χ3v) is 3.58. The van der Waals surface area contributed by atoms with E-state index in [1.54, 1.807) is 5.43 Å². The first-order valence-corrected chi connectivity index (χ1v) is 5.42. The zero-order valence-electron chi connectivity index (χ0n) is 6.71. The largest absolute Gasteiger partial charge is 0.361 e. The quantitative estimate of drug-likeness (QED) is 0.657. The van der Waals surface area contributed by atoms with Crippen LogP contribution in [-0.4, -0.2) is 4.98 Å². The molecule has 0 radical (unpaired) electrons. The SMILES string of the molecule is c1cpc(C2CCCCC2)[nH]1. The van der Waals surface area contributed by atoms with Gasteiger partial charge < -0.3 is 4.98 Å². The molecule has 0 spiro atoms. The summed E-state index contributed by atoms with van der Waals surface area (Å²) >= 11 is 0.